The minimum atomic E-state index is 0. The summed E-state index contributed by atoms with van der Waals surface area (Å²) >= 11 is 5.95. The maximum Gasteiger partial charge on any atom is 0.191 e. The molecule has 1 heterocycles. The van der Waals surface area contributed by atoms with Crippen molar-refractivity contribution in [3.05, 3.63) is 29.3 Å². The van der Waals surface area contributed by atoms with Crippen molar-refractivity contribution in [2.45, 2.75) is 12.8 Å². The highest BCUT2D eigenvalue weighted by molar-refractivity contribution is 14.0. The number of benzene rings is 1. The number of hydrogen-bond acceptors (Lipinski definition) is 4. The normalized spacial score (nSPS) is 15.1. The van der Waals surface area contributed by atoms with Gasteiger partial charge in [0.1, 0.15) is 0 Å². The Bertz CT molecular complexity index is 522. The fraction of sp³-hybridized carbons (Fsp3) is 0.611. The van der Waals surface area contributed by atoms with Crippen LogP contribution in [-0.4, -0.2) is 70.5 Å². The Hall–Kier alpha value is -0.770. The number of unbranched alkanes of at least 4 members (excludes halogenated alkanes) is 1. The van der Waals surface area contributed by atoms with E-state index in [9.17, 15) is 0 Å². The summed E-state index contributed by atoms with van der Waals surface area (Å²) in [5.74, 6) is 0.649. The second-order valence-electron chi connectivity index (χ2n) is 6.00. The summed E-state index contributed by atoms with van der Waals surface area (Å²) in [5.41, 5.74) is 7.33. The number of halogens is 2. The third-order valence-electron chi connectivity index (χ3n) is 4.20. The van der Waals surface area contributed by atoms with E-state index >= 15 is 0 Å². The zero-order valence-electron chi connectivity index (χ0n) is 15.4. The van der Waals surface area contributed by atoms with Gasteiger partial charge < -0.3 is 25.0 Å². The lowest BCUT2D eigenvalue weighted by Gasteiger charge is -2.36. The van der Waals surface area contributed by atoms with Crippen LogP contribution in [0.2, 0.25) is 5.02 Å². The summed E-state index contributed by atoms with van der Waals surface area (Å²) in [4.78, 5) is 8.99. The number of hydrogen-bond donors (Lipinski definition) is 1. The van der Waals surface area contributed by atoms with Gasteiger partial charge in [0.25, 0.3) is 0 Å². The van der Waals surface area contributed by atoms with Crippen LogP contribution < -0.4 is 10.6 Å². The van der Waals surface area contributed by atoms with Crippen molar-refractivity contribution in [2.24, 2.45) is 10.7 Å². The Morgan fingerprint density at radius 2 is 1.77 bits per heavy atom. The fourth-order valence-electron chi connectivity index (χ4n) is 2.70. The predicted octanol–water partition coefficient (Wildman–Crippen LogP) is 2.84. The van der Waals surface area contributed by atoms with Crippen molar-refractivity contribution in [3.63, 3.8) is 0 Å². The van der Waals surface area contributed by atoms with E-state index in [4.69, 9.17) is 26.8 Å². The maximum atomic E-state index is 6.13. The van der Waals surface area contributed by atoms with Crippen LogP contribution in [0.15, 0.2) is 29.3 Å². The fourth-order valence-corrected chi connectivity index (χ4v) is 2.83. The smallest absolute Gasteiger partial charge is 0.191 e. The van der Waals surface area contributed by atoms with E-state index < -0.39 is 0 Å². The molecule has 1 saturated heterocycles. The van der Waals surface area contributed by atoms with E-state index in [1.54, 1.807) is 7.11 Å². The first-order valence-electron chi connectivity index (χ1n) is 8.83. The van der Waals surface area contributed by atoms with Crippen molar-refractivity contribution in [1.29, 1.82) is 0 Å². The molecule has 0 aliphatic carbocycles. The lowest BCUT2D eigenvalue weighted by molar-refractivity contribution is 0.0690. The molecular weight excluding hydrogens is 467 g/mol. The summed E-state index contributed by atoms with van der Waals surface area (Å²) in [6.07, 6.45) is 1.98. The molecule has 0 bridgehead atoms. The Kier molecular flexibility index (Phi) is 12.0. The number of guanidine groups is 1. The van der Waals surface area contributed by atoms with Crippen LogP contribution in [0.25, 0.3) is 0 Å². The number of ether oxygens (including phenoxy) is 2. The van der Waals surface area contributed by atoms with Crippen LogP contribution in [0.5, 0.6) is 0 Å². The second kappa shape index (κ2) is 13.4. The van der Waals surface area contributed by atoms with Gasteiger partial charge in [-0.15, -0.1) is 24.0 Å². The molecule has 1 aromatic rings. The molecule has 0 saturated carbocycles. The zero-order chi connectivity index (χ0) is 17.9. The summed E-state index contributed by atoms with van der Waals surface area (Å²) in [6, 6.07) is 7.98. The van der Waals surface area contributed by atoms with E-state index in [1.807, 2.05) is 12.1 Å². The molecule has 2 rings (SSSR count). The lowest BCUT2D eigenvalue weighted by atomic mass is 10.2. The third kappa shape index (κ3) is 8.28. The average Bonchev–Trinajstić information content (AvgIpc) is 2.64. The quantitative estimate of drug-likeness (QED) is 0.247. The lowest BCUT2D eigenvalue weighted by Crippen LogP contribution is -2.51. The van der Waals surface area contributed by atoms with Gasteiger partial charge in [0.15, 0.2) is 5.96 Å². The Labute approximate surface area is 178 Å². The topological polar surface area (TPSA) is 63.3 Å². The Balaban J connectivity index is 0.00000338. The molecule has 0 amide bonds. The molecule has 8 heteroatoms. The molecule has 1 aromatic carbocycles. The van der Waals surface area contributed by atoms with Crippen LogP contribution in [-0.2, 0) is 9.47 Å². The van der Waals surface area contributed by atoms with E-state index in [1.165, 1.54) is 5.69 Å². The molecule has 0 spiro atoms. The van der Waals surface area contributed by atoms with E-state index in [0.29, 0.717) is 19.2 Å². The first-order valence-corrected chi connectivity index (χ1v) is 9.20. The molecule has 1 fully saturated rings. The molecule has 6 nitrogen and oxygen atoms in total. The average molecular weight is 497 g/mol. The number of methoxy groups -OCH3 is 1. The molecule has 0 unspecified atom stereocenters. The van der Waals surface area contributed by atoms with E-state index in [2.05, 4.69) is 26.9 Å². The predicted molar refractivity (Wildman–Crippen MR) is 119 cm³/mol. The molecular formula is C18H30ClIN4O2. The second-order valence-corrected chi connectivity index (χ2v) is 6.44. The number of rotatable bonds is 9. The first-order chi connectivity index (χ1) is 12.2. The van der Waals surface area contributed by atoms with Crippen molar-refractivity contribution < 1.29 is 9.47 Å². The molecule has 148 valence electrons. The number of anilines is 1. The molecule has 2 N–H and O–H groups in total. The largest absolute Gasteiger partial charge is 0.382 e. The number of piperazine rings is 1. The number of nitrogens with zero attached hydrogens (tertiary/aromatic N) is 3. The molecule has 0 aromatic heterocycles. The van der Waals surface area contributed by atoms with Gasteiger partial charge in [0, 0.05) is 57.2 Å². The van der Waals surface area contributed by atoms with Gasteiger partial charge in [-0.3, -0.25) is 4.99 Å². The molecule has 0 radical (unpaired) electrons. The summed E-state index contributed by atoms with van der Waals surface area (Å²) in [5, 5.41) is 0.767. The van der Waals surface area contributed by atoms with Crippen LogP contribution >= 0.6 is 35.6 Å². The monoisotopic (exact) mass is 496 g/mol. The van der Waals surface area contributed by atoms with Crippen LogP contribution in [0.4, 0.5) is 5.69 Å². The van der Waals surface area contributed by atoms with Crippen molar-refractivity contribution in [2.75, 3.05) is 64.6 Å². The first kappa shape index (κ1) is 23.3. The molecule has 26 heavy (non-hydrogen) atoms. The Morgan fingerprint density at radius 1 is 1.08 bits per heavy atom. The molecule has 1 aliphatic rings. The molecule has 1 aliphatic heterocycles. The zero-order valence-corrected chi connectivity index (χ0v) is 18.5. The van der Waals surface area contributed by atoms with E-state index in [0.717, 1.165) is 57.2 Å². The number of nitrogens with two attached hydrogens (primary N) is 1. The van der Waals surface area contributed by atoms with Gasteiger partial charge in [-0.25, -0.2) is 0 Å². The van der Waals surface area contributed by atoms with E-state index in [-0.39, 0.29) is 24.0 Å². The Morgan fingerprint density at radius 3 is 2.42 bits per heavy atom. The van der Waals surface area contributed by atoms with Gasteiger partial charge in [0.05, 0.1) is 13.2 Å². The third-order valence-corrected chi connectivity index (χ3v) is 4.45. The SMILES string of the molecule is COCCOCCCCN=C(N)N1CCN(c2ccc(Cl)cc2)CC1.I. The maximum absolute atomic E-state index is 6.13. The highest BCUT2D eigenvalue weighted by Crippen LogP contribution is 2.19. The van der Waals surface area contributed by atoms with Crippen LogP contribution in [0.1, 0.15) is 12.8 Å². The summed E-state index contributed by atoms with van der Waals surface area (Å²) in [7, 11) is 1.68. The highest BCUT2D eigenvalue weighted by Gasteiger charge is 2.18. The van der Waals surface area contributed by atoms with Crippen LogP contribution in [0, 0.1) is 0 Å². The van der Waals surface area contributed by atoms with Gasteiger partial charge in [0.2, 0.25) is 0 Å². The van der Waals surface area contributed by atoms with Crippen molar-refractivity contribution in [3.8, 4) is 0 Å². The van der Waals surface area contributed by atoms with Crippen LogP contribution in [0.3, 0.4) is 0 Å². The minimum absolute atomic E-state index is 0. The van der Waals surface area contributed by atoms with Crippen molar-refractivity contribution >= 4 is 47.2 Å². The standard InChI is InChI=1S/C18H29ClN4O2.HI/c1-24-14-15-25-13-3-2-8-21-18(20)23-11-9-22(10-12-23)17-6-4-16(19)5-7-17;/h4-7H,2-3,8-15H2,1H3,(H2,20,21);1H. The summed E-state index contributed by atoms with van der Waals surface area (Å²) < 4.78 is 10.4. The minimum Gasteiger partial charge on any atom is -0.382 e. The van der Waals surface area contributed by atoms with Gasteiger partial charge in [-0.05, 0) is 37.1 Å². The van der Waals surface area contributed by atoms with Gasteiger partial charge >= 0.3 is 0 Å². The molecule has 0 atom stereocenters. The van der Waals surface area contributed by atoms with Crippen molar-refractivity contribution in [1.82, 2.24) is 4.90 Å². The summed E-state index contributed by atoms with van der Waals surface area (Å²) in [6.45, 7) is 6.44. The highest BCUT2D eigenvalue weighted by atomic mass is 127. The van der Waals surface area contributed by atoms with Gasteiger partial charge in [-0.2, -0.15) is 0 Å². The number of aliphatic imine (C=N–C) groups is 1. The van der Waals surface area contributed by atoms with Gasteiger partial charge in [-0.1, -0.05) is 11.6 Å².